The number of anilines is 1. The van der Waals surface area contributed by atoms with Gasteiger partial charge >= 0.3 is 5.97 Å². The summed E-state index contributed by atoms with van der Waals surface area (Å²) in [5.74, 6) is -0.985. The Morgan fingerprint density at radius 3 is 2.91 bits per heavy atom. The third-order valence-corrected chi connectivity index (χ3v) is 3.49. The molecule has 5 nitrogen and oxygen atoms in total. The zero-order chi connectivity index (χ0) is 15.7. The van der Waals surface area contributed by atoms with Gasteiger partial charge in [-0.2, -0.15) is 4.98 Å². The molecule has 0 fully saturated rings. The number of hydrogen-bond donors (Lipinski definition) is 2. The number of nitrogens with one attached hydrogen (secondary N) is 1. The Labute approximate surface area is 131 Å². The third kappa shape index (κ3) is 2.89. The van der Waals surface area contributed by atoms with Crippen LogP contribution in [0.4, 0.5) is 6.01 Å². The van der Waals surface area contributed by atoms with Crippen molar-refractivity contribution in [1.29, 1.82) is 0 Å². The molecule has 0 aliphatic carbocycles. The Bertz CT molecular complexity index is 858. The average Bonchev–Trinajstić information content (AvgIpc) is 2.89. The highest BCUT2D eigenvalue weighted by atomic mass is 35.5. The van der Waals surface area contributed by atoms with Gasteiger partial charge in [-0.05, 0) is 42.3 Å². The van der Waals surface area contributed by atoms with Gasteiger partial charge in [0, 0.05) is 11.6 Å². The van der Waals surface area contributed by atoms with Crippen molar-refractivity contribution in [2.24, 2.45) is 0 Å². The van der Waals surface area contributed by atoms with Crippen LogP contribution in [0.3, 0.4) is 0 Å². The summed E-state index contributed by atoms with van der Waals surface area (Å²) in [6, 6.07) is 10.9. The van der Waals surface area contributed by atoms with Crippen molar-refractivity contribution < 1.29 is 14.3 Å². The largest absolute Gasteiger partial charge is 0.478 e. The van der Waals surface area contributed by atoms with Gasteiger partial charge in [0.2, 0.25) is 0 Å². The lowest BCUT2D eigenvalue weighted by atomic mass is 10.1. The highest BCUT2D eigenvalue weighted by Gasteiger charge is 2.12. The number of carbonyl (C=O) groups is 1. The van der Waals surface area contributed by atoms with Crippen molar-refractivity contribution in [2.45, 2.75) is 13.5 Å². The molecule has 1 aromatic heterocycles. The van der Waals surface area contributed by atoms with Crippen LogP contribution in [0.15, 0.2) is 40.8 Å². The molecule has 0 amide bonds. The molecule has 2 N–H and O–H groups in total. The lowest BCUT2D eigenvalue weighted by molar-refractivity contribution is 0.0697. The van der Waals surface area contributed by atoms with Gasteiger partial charge in [-0.25, -0.2) is 4.79 Å². The Morgan fingerprint density at radius 1 is 1.36 bits per heavy atom. The average molecular weight is 317 g/mol. The Kier molecular flexibility index (Phi) is 3.73. The van der Waals surface area contributed by atoms with Gasteiger partial charge in [-0.15, -0.1) is 0 Å². The fourth-order valence-corrected chi connectivity index (χ4v) is 2.44. The van der Waals surface area contributed by atoms with Gasteiger partial charge in [0.05, 0.1) is 5.56 Å². The molecule has 0 aliphatic heterocycles. The molecule has 22 heavy (non-hydrogen) atoms. The number of hydrogen-bond acceptors (Lipinski definition) is 4. The van der Waals surface area contributed by atoms with E-state index >= 15 is 0 Å². The van der Waals surface area contributed by atoms with Crippen LogP contribution in [0.2, 0.25) is 5.02 Å². The summed E-state index contributed by atoms with van der Waals surface area (Å²) in [4.78, 5) is 15.3. The maximum Gasteiger partial charge on any atom is 0.335 e. The topological polar surface area (TPSA) is 75.4 Å². The molecular weight excluding hydrogens is 304 g/mol. The van der Waals surface area contributed by atoms with E-state index < -0.39 is 5.97 Å². The number of oxazole rings is 1. The molecule has 3 aromatic rings. The summed E-state index contributed by atoms with van der Waals surface area (Å²) in [7, 11) is 0. The van der Waals surface area contributed by atoms with Crippen LogP contribution in [0.1, 0.15) is 21.5 Å². The number of halogens is 1. The molecule has 0 radical (unpaired) electrons. The minimum absolute atomic E-state index is 0.194. The number of carboxylic acids is 1. The van der Waals surface area contributed by atoms with E-state index in [-0.39, 0.29) is 5.56 Å². The van der Waals surface area contributed by atoms with Crippen molar-refractivity contribution in [1.82, 2.24) is 4.98 Å². The predicted octanol–water partition coefficient (Wildman–Crippen LogP) is 4.10. The van der Waals surface area contributed by atoms with Crippen LogP contribution < -0.4 is 5.32 Å². The first kappa shape index (κ1) is 14.4. The zero-order valence-electron chi connectivity index (χ0n) is 11.8. The molecule has 2 aromatic carbocycles. The number of fused-ring (bicyclic) bond motifs is 1. The van der Waals surface area contributed by atoms with Crippen LogP contribution in [0.25, 0.3) is 11.1 Å². The normalized spacial score (nSPS) is 10.8. The fourth-order valence-electron chi connectivity index (χ4n) is 2.22. The zero-order valence-corrected chi connectivity index (χ0v) is 12.5. The van der Waals surface area contributed by atoms with Gasteiger partial charge < -0.3 is 14.8 Å². The summed E-state index contributed by atoms with van der Waals surface area (Å²) in [6.07, 6.45) is 0. The highest BCUT2D eigenvalue weighted by Crippen LogP contribution is 2.24. The highest BCUT2D eigenvalue weighted by molar-refractivity contribution is 6.30. The summed E-state index contributed by atoms with van der Waals surface area (Å²) in [5.41, 5.74) is 3.03. The minimum Gasteiger partial charge on any atom is -0.478 e. The Balaban J connectivity index is 1.86. The van der Waals surface area contributed by atoms with E-state index in [0.717, 1.165) is 11.1 Å². The molecule has 0 aliphatic rings. The van der Waals surface area contributed by atoms with Gasteiger partial charge in [0.1, 0.15) is 5.52 Å². The van der Waals surface area contributed by atoms with E-state index in [9.17, 15) is 4.79 Å². The van der Waals surface area contributed by atoms with E-state index in [4.69, 9.17) is 21.1 Å². The van der Waals surface area contributed by atoms with Crippen molar-refractivity contribution in [3.8, 4) is 0 Å². The number of benzene rings is 2. The van der Waals surface area contributed by atoms with E-state index in [1.807, 2.05) is 18.2 Å². The molecule has 0 spiro atoms. The minimum atomic E-state index is -0.985. The van der Waals surface area contributed by atoms with E-state index in [1.54, 1.807) is 19.1 Å². The monoisotopic (exact) mass is 316 g/mol. The Morgan fingerprint density at radius 2 is 2.18 bits per heavy atom. The first-order valence-corrected chi connectivity index (χ1v) is 7.03. The molecular formula is C16H13ClN2O3. The Hall–Kier alpha value is -2.53. The molecule has 3 rings (SSSR count). The maximum absolute atomic E-state index is 11.1. The number of rotatable bonds is 4. The van der Waals surface area contributed by atoms with Gasteiger partial charge in [0.25, 0.3) is 6.01 Å². The maximum atomic E-state index is 11.1. The molecule has 0 saturated heterocycles. The summed E-state index contributed by atoms with van der Waals surface area (Å²) < 4.78 is 5.64. The van der Waals surface area contributed by atoms with Crippen molar-refractivity contribution in [3.63, 3.8) is 0 Å². The number of nitrogens with zero attached hydrogens (tertiary/aromatic N) is 1. The fraction of sp³-hybridized carbons (Fsp3) is 0.125. The number of carboxylic acid groups (broad SMARTS) is 1. The van der Waals surface area contributed by atoms with Crippen LogP contribution in [0.5, 0.6) is 0 Å². The smallest absolute Gasteiger partial charge is 0.335 e. The molecule has 0 bridgehead atoms. The first-order valence-electron chi connectivity index (χ1n) is 6.66. The summed E-state index contributed by atoms with van der Waals surface area (Å²) >= 11 is 5.94. The van der Waals surface area contributed by atoms with Crippen molar-refractivity contribution in [3.05, 3.63) is 58.1 Å². The third-order valence-electron chi connectivity index (χ3n) is 3.26. The number of aryl methyl sites for hydroxylation is 1. The lowest BCUT2D eigenvalue weighted by Crippen LogP contribution is -1.99. The summed E-state index contributed by atoms with van der Waals surface area (Å²) in [6.45, 7) is 2.30. The van der Waals surface area contributed by atoms with Crippen LogP contribution >= 0.6 is 11.6 Å². The van der Waals surface area contributed by atoms with E-state index in [2.05, 4.69) is 10.3 Å². The lowest BCUT2D eigenvalue weighted by Gasteiger charge is -2.02. The SMILES string of the molecule is Cc1cc(C(=O)O)cc2nc(NCc3cccc(Cl)c3)oc12. The van der Waals surface area contributed by atoms with Crippen LogP contribution in [-0.2, 0) is 6.54 Å². The van der Waals surface area contributed by atoms with Crippen molar-refractivity contribution in [2.75, 3.05) is 5.32 Å². The molecule has 0 unspecified atom stereocenters. The number of aromatic nitrogens is 1. The molecule has 0 saturated carbocycles. The van der Waals surface area contributed by atoms with Gasteiger partial charge in [-0.3, -0.25) is 0 Å². The number of aromatic carboxylic acids is 1. The van der Waals surface area contributed by atoms with E-state index in [0.29, 0.717) is 28.7 Å². The molecule has 1 heterocycles. The van der Waals surface area contributed by atoms with Crippen molar-refractivity contribution >= 4 is 34.7 Å². The predicted molar refractivity (Wildman–Crippen MR) is 84.5 cm³/mol. The first-order chi connectivity index (χ1) is 10.5. The second-order valence-electron chi connectivity index (χ2n) is 4.95. The summed E-state index contributed by atoms with van der Waals surface area (Å²) in [5, 5.41) is 12.8. The van der Waals surface area contributed by atoms with Crippen LogP contribution in [-0.4, -0.2) is 16.1 Å². The second kappa shape index (κ2) is 5.69. The van der Waals surface area contributed by atoms with Crippen LogP contribution in [0, 0.1) is 6.92 Å². The van der Waals surface area contributed by atoms with E-state index in [1.165, 1.54) is 6.07 Å². The molecule has 6 heteroatoms. The quantitative estimate of drug-likeness (QED) is 0.758. The molecule has 0 atom stereocenters. The standard InChI is InChI=1S/C16H13ClN2O3/c1-9-5-11(15(20)21)7-13-14(9)22-16(19-13)18-8-10-3-2-4-12(17)6-10/h2-7H,8H2,1H3,(H,18,19)(H,20,21). The van der Waals surface area contributed by atoms with Gasteiger partial charge in [-0.1, -0.05) is 23.7 Å². The molecule has 112 valence electrons. The van der Waals surface area contributed by atoms with Gasteiger partial charge in [0.15, 0.2) is 5.58 Å². The second-order valence-corrected chi connectivity index (χ2v) is 5.39.